The molecule has 0 amide bonds. The molecule has 0 unspecified atom stereocenters. The molecule has 0 bridgehead atoms. The lowest BCUT2D eigenvalue weighted by molar-refractivity contribution is 0.0599. The van der Waals surface area contributed by atoms with E-state index in [1.54, 1.807) is 13.0 Å². The van der Waals surface area contributed by atoms with Crippen LogP contribution in [0, 0.1) is 13.8 Å². The van der Waals surface area contributed by atoms with Gasteiger partial charge in [0.2, 0.25) is 0 Å². The Kier molecular flexibility index (Phi) is 3.56. The standard InChI is InChI=1S/C14H13NO5/c1-7-4-8(2)10(14(18)19-3)5-9(7)12-6-11(13(16)17)15-20-12/h4-6H,1-3H3,(H,16,17). The molecule has 0 spiro atoms. The number of rotatable bonds is 3. The number of carboxylic acid groups (broad SMARTS) is 1. The molecule has 0 aliphatic rings. The van der Waals surface area contributed by atoms with Gasteiger partial charge in [0.05, 0.1) is 12.7 Å². The smallest absolute Gasteiger partial charge is 0.358 e. The van der Waals surface area contributed by atoms with Crippen molar-refractivity contribution in [3.8, 4) is 11.3 Å². The lowest BCUT2D eigenvalue weighted by Gasteiger charge is -2.08. The van der Waals surface area contributed by atoms with E-state index in [2.05, 4.69) is 5.16 Å². The number of carboxylic acids is 1. The molecule has 0 saturated carbocycles. The quantitative estimate of drug-likeness (QED) is 0.865. The first-order valence-electron chi connectivity index (χ1n) is 5.84. The topological polar surface area (TPSA) is 89.6 Å². The molecule has 104 valence electrons. The molecule has 0 fully saturated rings. The summed E-state index contributed by atoms with van der Waals surface area (Å²) in [4.78, 5) is 22.5. The summed E-state index contributed by atoms with van der Waals surface area (Å²) in [6.45, 7) is 3.64. The molecule has 0 saturated heterocycles. The highest BCUT2D eigenvalue weighted by atomic mass is 16.5. The molecule has 1 aromatic heterocycles. The van der Waals surface area contributed by atoms with E-state index in [0.29, 0.717) is 16.9 Å². The number of benzene rings is 1. The molecule has 0 aliphatic carbocycles. The molecule has 2 rings (SSSR count). The second kappa shape index (κ2) is 5.16. The number of aromatic carboxylic acids is 1. The summed E-state index contributed by atoms with van der Waals surface area (Å²) in [5, 5.41) is 12.3. The van der Waals surface area contributed by atoms with E-state index in [1.807, 2.05) is 13.0 Å². The van der Waals surface area contributed by atoms with Crippen LogP contribution in [0.4, 0.5) is 0 Å². The van der Waals surface area contributed by atoms with Gasteiger partial charge in [-0.2, -0.15) is 0 Å². The summed E-state index contributed by atoms with van der Waals surface area (Å²) < 4.78 is 9.73. The Labute approximate surface area is 115 Å². The van der Waals surface area contributed by atoms with Gasteiger partial charge in [0.1, 0.15) is 0 Å². The van der Waals surface area contributed by atoms with Crippen LogP contribution in [0.15, 0.2) is 22.7 Å². The third-order valence-electron chi connectivity index (χ3n) is 2.97. The van der Waals surface area contributed by atoms with Gasteiger partial charge in [-0.1, -0.05) is 11.2 Å². The van der Waals surface area contributed by atoms with Gasteiger partial charge in [0.15, 0.2) is 11.5 Å². The Morgan fingerprint density at radius 2 is 1.90 bits per heavy atom. The first-order chi connectivity index (χ1) is 9.43. The van der Waals surface area contributed by atoms with Crippen molar-refractivity contribution in [3.05, 3.63) is 40.6 Å². The number of hydrogen-bond donors (Lipinski definition) is 1. The van der Waals surface area contributed by atoms with Crippen molar-refractivity contribution in [2.24, 2.45) is 0 Å². The van der Waals surface area contributed by atoms with E-state index in [0.717, 1.165) is 11.1 Å². The molecule has 1 N–H and O–H groups in total. The highest BCUT2D eigenvalue weighted by Gasteiger charge is 2.17. The summed E-state index contributed by atoms with van der Waals surface area (Å²) in [5.74, 6) is -1.33. The molecule has 0 atom stereocenters. The van der Waals surface area contributed by atoms with Gasteiger partial charge in [-0.25, -0.2) is 9.59 Å². The summed E-state index contributed by atoms with van der Waals surface area (Å²) in [6, 6.07) is 4.74. The number of esters is 1. The normalized spacial score (nSPS) is 10.3. The zero-order valence-electron chi connectivity index (χ0n) is 11.3. The largest absolute Gasteiger partial charge is 0.476 e. The summed E-state index contributed by atoms with van der Waals surface area (Å²) in [5.41, 5.74) is 2.45. The van der Waals surface area contributed by atoms with E-state index < -0.39 is 11.9 Å². The van der Waals surface area contributed by atoms with Gasteiger partial charge in [-0.05, 0) is 31.0 Å². The van der Waals surface area contributed by atoms with Crippen LogP contribution in [-0.4, -0.2) is 29.3 Å². The van der Waals surface area contributed by atoms with Crippen LogP contribution in [0.1, 0.15) is 32.0 Å². The molecular weight excluding hydrogens is 262 g/mol. The average molecular weight is 275 g/mol. The number of carbonyl (C=O) groups excluding carboxylic acids is 1. The lowest BCUT2D eigenvalue weighted by atomic mass is 9.98. The fraction of sp³-hybridized carbons (Fsp3) is 0.214. The highest BCUT2D eigenvalue weighted by molar-refractivity contribution is 5.93. The fourth-order valence-corrected chi connectivity index (χ4v) is 1.95. The van der Waals surface area contributed by atoms with Crippen LogP contribution in [0.3, 0.4) is 0 Å². The van der Waals surface area contributed by atoms with Crippen molar-refractivity contribution in [1.82, 2.24) is 5.16 Å². The van der Waals surface area contributed by atoms with Crippen LogP contribution >= 0.6 is 0 Å². The minimum absolute atomic E-state index is 0.181. The van der Waals surface area contributed by atoms with Crippen LogP contribution in [0.5, 0.6) is 0 Å². The van der Waals surface area contributed by atoms with Crippen LogP contribution in [0.2, 0.25) is 0 Å². The fourth-order valence-electron chi connectivity index (χ4n) is 1.95. The number of carbonyl (C=O) groups is 2. The van der Waals surface area contributed by atoms with Gasteiger partial charge in [-0.15, -0.1) is 0 Å². The summed E-state index contributed by atoms with van der Waals surface area (Å²) in [7, 11) is 1.30. The number of aromatic nitrogens is 1. The zero-order chi connectivity index (χ0) is 14.9. The number of hydrogen-bond acceptors (Lipinski definition) is 5. The maximum Gasteiger partial charge on any atom is 0.358 e. The van der Waals surface area contributed by atoms with Crippen molar-refractivity contribution in [3.63, 3.8) is 0 Å². The van der Waals surface area contributed by atoms with Crippen molar-refractivity contribution >= 4 is 11.9 Å². The second-order valence-electron chi connectivity index (χ2n) is 4.36. The Morgan fingerprint density at radius 3 is 2.45 bits per heavy atom. The molecule has 2 aromatic rings. The SMILES string of the molecule is COC(=O)c1cc(-c2cc(C(=O)O)no2)c(C)cc1C. The number of aryl methyl sites for hydroxylation is 2. The van der Waals surface area contributed by atoms with E-state index in [-0.39, 0.29) is 5.69 Å². The maximum absolute atomic E-state index is 11.7. The van der Waals surface area contributed by atoms with Crippen molar-refractivity contribution in [2.75, 3.05) is 7.11 Å². The molecule has 0 aliphatic heterocycles. The number of nitrogens with zero attached hydrogens (tertiary/aromatic N) is 1. The zero-order valence-corrected chi connectivity index (χ0v) is 11.3. The van der Waals surface area contributed by atoms with Crippen LogP contribution in [-0.2, 0) is 4.74 Å². The predicted octanol–water partition coefficient (Wildman–Crippen LogP) is 2.44. The van der Waals surface area contributed by atoms with Gasteiger partial charge in [-0.3, -0.25) is 0 Å². The van der Waals surface area contributed by atoms with Crippen molar-refractivity contribution in [2.45, 2.75) is 13.8 Å². The molecule has 1 aromatic carbocycles. The second-order valence-corrected chi connectivity index (χ2v) is 4.36. The molecule has 6 nitrogen and oxygen atoms in total. The average Bonchev–Trinajstić information content (AvgIpc) is 2.87. The number of ether oxygens (including phenoxy) is 1. The minimum atomic E-state index is -1.17. The Bertz CT molecular complexity index is 687. The first kappa shape index (κ1) is 13.8. The highest BCUT2D eigenvalue weighted by Crippen LogP contribution is 2.27. The Hall–Kier alpha value is -2.63. The van der Waals surface area contributed by atoms with E-state index in [9.17, 15) is 9.59 Å². The first-order valence-corrected chi connectivity index (χ1v) is 5.84. The molecule has 0 radical (unpaired) electrons. The summed E-state index contributed by atoms with van der Waals surface area (Å²) in [6.07, 6.45) is 0. The van der Waals surface area contributed by atoms with Gasteiger partial charge < -0.3 is 14.4 Å². The molecule has 6 heteroatoms. The third kappa shape index (κ3) is 2.40. The monoisotopic (exact) mass is 275 g/mol. The van der Waals surface area contributed by atoms with Crippen LogP contribution in [0.25, 0.3) is 11.3 Å². The van der Waals surface area contributed by atoms with E-state index in [1.165, 1.54) is 13.2 Å². The molecule has 1 heterocycles. The van der Waals surface area contributed by atoms with E-state index in [4.69, 9.17) is 14.4 Å². The van der Waals surface area contributed by atoms with Crippen LogP contribution < -0.4 is 0 Å². The van der Waals surface area contributed by atoms with Crippen molar-refractivity contribution < 1.29 is 24.0 Å². The van der Waals surface area contributed by atoms with Gasteiger partial charge in [0.25, 0.3) is 0 Å². The predicted molar refractivity (Wildman–Crippen MR) is 69.7 cm³/mol. The Morgan fingerprint density at radius 1 is 1.20 bits per heavy atom. The van der Waals surface area contributed by atoms with Gasteiger partial charge in [0, 0.05) is 11.6 Å². The van der Waals surface area contributed by atoms with E-state index >= 15 is 0 Å². The molecular formula is C14H13NO5. The summed E-state index contributed by atoms with van der Waals surface area (Å²) >= 11 is 0. The third-order valence-corrected chi connectivity index (χ3v) is 2.97. The lowest BCUT2D eigenvalue weighted by Crippen LogP contribution is -2.04. The van der Waals surface area contributed by atoms with Gasteiger partial charge >= 0.3 is 11.9 Å². The molecule has 20 heavy (non-hydrogen) atoms. The number of methoxy groups -OCH3 is 1. The van der Waals surface area contributed by atoms with Crippen molar-refractivity contribution in [1.29, 1.82) is 0 Å². The maximum atomic E-state index is 11.7. The minimum Gasteiger partial charge on any atom is -0.476 e. The Balaban J connectivity index is 2.55.